The molecular formula is C51H29F6N3. The minimum Gasteiger partial charge on any atom is -0.307 e. The fourth-order valence-electron chi connectivity index (χ4n) is 8.63. The summed E-state index contributed by atoms with van der Waals surface area (Å²) in [5.41, 5.74) is 2.12. The number of hydrogen-bond donors (Lipinski definition) is 0. The van der Waals surface area contributed by atoms with E-state index in [0.29, 0.717) is 28.9 Å². The van der Waals surface area contributed by atoms with Gasteiger partial charge in [-0.25, -0.2) is 0 Å². The lowest BCUT2D eigenvalue weighted by Gasteiger charge is -2.23. The number of alkyl halides is 6. The first-order chi connectivity index (χ1) is 29.0. The van der Waals surface area contributed by atoms with E-state index in [2.05, 4.69) is 0 Å². The maximum Gasteiger partial charge on any atom is 0.417 e. The number of aromatic nitrogens is 2. The van der Waals surface area contributed by atoms with Crippen molar-refractivity contribution in [3.63, 3.8) is 0 Å². The fraction of sp³-hybridized carbons (Fsp3) is 0.0392. The Labute approximate surface area is 339 Å². The van der Waals surface area contributed by atoms with Gasteiger partial charge in [-0.05, 0) is 70.8 Å². The SMILES string of the molecule is N#Cc1cc(-n2c3ccccc3c3ccc(-c4ccccc4)cc32)c(-n2c3ccccc3c3ccc(-c4ccccc4)cc32)cc1-c1c(C(F)(F)F)cccc1C(F)(F)F. The fourth-order valence-corrected chi connectivity index (χ4v) is 8.63. The Morgan fingerprint density at radius 3 is 1.25 bits per heavy atom. The van der Waals surface area contributed by atoms with Crippen LogP contribution < -0.4 is 0 Å². The van der Waals surface area contributed by atoms with Gasteiger partial charge in [-0.2, -0.15) is 31.6 Å². The summed E-state index contributed by atoms with van der Waals surface area (Å²) in [6, 6.07) is 53.4. The molecule has 10 aromatic rings. The number of fused-ring (bicyclic) bond motifs is 6. The van der Waals surface area contributed by atoms with Crippen LogP contribution in [0.5, 0.6) is 0 Å². The lowest BCUT2D eigenvalue weighted by molar-refractivity contribution is -0.142. The van der Waals surface area contributed by atoms with Gasteiger partial charge in [0.15, 0.2) is 0 Å². The zero-order chi connectivity index (χ0) is 41.3. The quantitative estimate of drug-likeness (QED) is 0.160. The molecule has 0 atom stereocenters. The van der Waals surface area contributed by atoms with Crippen LogP contribution in [-0.2, 0) is 12.4 Å². The Hall–Kier alpha value is -7.57. The van der Waals surface area contributed by atoms with Crippen LogP contribution in [-0.4, -0.2) is 9.13 Å². The second-order valence-electron chi connectivity index (χ2n) is 14.6. The smallest absolute Gasteiger partial charge is 0.307 e. The normalized spacial score (nSPS) is 12.2. The van der Waals surface area contributed by atoms with Crippen molar-refractivity contribution in [1.82, 2.24) is 9.13 Å². The molecule has 2 heterocycles. The van der Waals surface area contributed by atoms with Gasteiger partial charge >= 0.3 is 12.4 Å². The van der Waals surface area contributed by atoms with Crippen molar-refractivity contribution in [1.29, 1.82) is 5.26 Å². The summed E-state index contributed by atoms with van der Waals surface area (Å²) < 4.78 is 93.3. The van der Waals surface area contributed by atoms with E-state index < -0.39 is 34.6 Å². The largest absolute Gasteiger partial charge is 0.417 e. The molecule has 0 bridgehead atoms. The number of nitriles is 1. The van der Waals surface area contributed by atoms with E-state index in [1.54, 1.807) is 0 Å². The number of para-hydroxylation sites is 2. The second kappa shape index (κ2) is 13.8. The molecule has 10 rings (SSSR count). The van der Waals surface area contributed by atoms with Gasteiger partial charge in [0, 0.05) is 32.7 Å². The Bertz CT molecular complexity index is 3320. The molecule has 2 aromatic heterocycles. The number of rotatable bonds is 5. The molecule has 0 saturated heterocycles. The highest BCUT2D eigenvalue weighted by Crippen LogP contribution is 2.48. The Morgan fingerprint density at radius 1 is 0.383 bits per heavy atom. The van der Waals surface area contributed by atoms with E-state index in [1.165, 1.54) is 12.1 Å². The van der Waals surface area contributed by atoms with Crippen molar-refractivity contribution in [2.45, 2.75) is 12.4 Å². The zero-order valence-electron chi connectivity index (χ0n) is 31.4. The third-order valence-corrected chi connectivity index (χ3v) is 11.2. The highest BCUT2D eigenvalue weighted by Gasteiger charge is 2.42. The highest BCUT2D eigenvalue weighted by atomic mass is 19.4. The molecule has 0 spiro atoms. The van der Waals surface area contributed by atoms with E-state index in [1.807, 2.05) is 161 Å². The summed E-state index contributed by atoms with van der Waals surface area (Å²) in [7, 11) is 0. The third-order valence-electron chi connectivity index (χ3n) is 11.2. The molecule has 3 nitrogen and oxygen atoms in total. The first kappa shape index (κ1) is 36.7. The topological polar surface area (TPSA) is 33.6 Å². The molecule has 0 saturated carbocycles. The van der Waals surface area contributed by atoms with Crippen LogP contribution in [0.15, 0.2) is 176 Å². The van der Waals surface area contributed by atoms with Gasteiger partial charge in [-0.15, -0.1) is 0 Å². The molecule has 8 aromatic carbocycles. The van der Waals surface area contributed by atoms with E-state index in [9.17, 15) is 31.6 Å². The number of benzene rings is 8. The first-order valence-corrected chi connectivity index (χ1v) is 19.0. The standard InChI is InChI=1S/C51H29F6N3/c52-50(53,54)41-18-11-19-42(51(55,56)57)49(41)40-29-48(60-44-21-10-8-17-37(44)39-25-23-34(27-46(39)60)32-14-5-2-6-15-32)47(28-35(40)30-58)59-43-20-9-7-16-36(43)38-24-22-33(26-45(38)59)31-12-3-1-4-13-31/h1-29H. The van der Waals surface area contributed by atoms with Gasteiger partial charge in [0.25, 0.3) is 0 Å². The van der Waals surface area contributed by atoms with Crippen molar-refractivity contribution in [2.24, 2.45) is 0 Å². The average molecular weight is 798 g/mol. The Morgan fingerprint density at radius 2 is 0.800 bits per heavy atom. The summed E-state index contributed by atoms with van der Waals surface area (Å²) in [5, 5.41) is 14.2. The van der Waals surface area contributed by atoms with E-state index in [0.717, 1.165) is 60.9 Å². The molecule has 0 amide bonds. The van der Waals surface area contributed by atoms with Gasteiger partial charge in [-0.3, -0.25) is 0 Å². The van der Waals surface area contributed by atoms with Crippen LogP contribution in [0.2, 0.25) is 0 Å². The lowest BCUT2D eigenvalue weighted by Crippen LogP contribution is -2.15. The van der Waals surface area contributed by atoms with Gasteiger partial charge in [0.05, 0.1) is 56.2 Å². The monoisotopic (exact) mass is 797 g/mol. The van der Waals surface area contributed by atoms with Gasteiger partial charge < -0.3 is 9.13 Å². The number of halogens is 6. The molecule has 60 heavy (non-hydrogen) atoms. The summed E-state index contributed by atoms with van der Waals surface area (Å²) in [4.78, 5) is 0. The van der Waals surface area contributed by atoms with Crippen LogP contribution in [0, 0.1) is 11.3 Å². The molecular weight excluding hydrogens is 769 g/mol. The van der Waals surface area contributed by atoms with E-state index in [-0.39, 0.29) is 11.3 Å². The van der Waals surface area contributed by atoms with Gasteiger partial charge in [-0.1, -0.05) is 127 Å². The van der Waals surface area contributed by atoms with Crippen molar-refractivity contribution >= 4 is 43.6 Å². The summed E-state index contributed by atoms with van der Waals surface area (Å²) >= 11 is 0. The van der Waals surface area contributed by atoms with Crippen LogP contribution in [0.25, 0.3) is 88.4 Å². The van der Waals surface area contributed by atoms with Crippen LogP contribution in [0.4, 0.5) is 26.3 Å². The van der Waals surface area contributed by atoms with Crippen molar-refractivity contribution in [2.75, 3.05) is 0 Å². The van der Waals surface area contributed by atoms with Gasteiger partial charge in [0.2, 0.25) is 0 Å². The minimum atomic E-state index is -5.18. The van der Waals surface area contributed by atoms with E-state index in [4.69, 9.17) is 0 Å². The summed E-state index contributed by atoms with van der Waals surface area (Å²) in [6.45, 7) is 0. The maximum absolute atomic E-state index is 14.9. The third kappa shape index (κ3) is 5.91. The first-order valence-electron chi connectivity index (χ1n) is 19.0. The van der Waals surface area contributed by atoms with Crippen molar-refractivity contribution < 1.29 is 26.3 Å². The van der Waals surface area contributed by atoms with Gasteiger partial charge in [0.1, 0.15) is 0 Å². The van der Waals surface area contributed by atoms with Crippen LogP contribution in [0.3, 0.4) is 0 Å². The van der Waals surface area contributed by atoms with E-state index >= 15 is 0 Å². The molecule has 0 unspecified atom stereocenters. The maximum atomic E-state index is 14.9. The van der Waals surface area contributed by atoms with Crippen molar-refractivity contribution in [3.8, 4) is 50.8 Å². The Balaban J connectivity index is 1.41. The minimum absolute atomic E-state index is 0.276. The molecule has 0 N–H and O–H groups in total. The number of nitrogens with zero attached hydrogens (tertiary/aromatic N) is 3. The molecule has 0 fully saturated rings. The van der Waals surface area contributed by atoms with Crippen LogP contribution >= 0.6 is 0 Å². The molecule has 0 aliphatic rings. The molecule has 9 heteroatoms. The van der Waals surface area contributed by atoms with Crippen molar-refractivity contribution in [3.05, 3.63) is 193 Å². The molecule has 290 valence electrons. The van der Waals surface area contributed by atoms with Crippen LogP contribution in [0.1, 0.15) is 16.7 Å². The molecule has 0 radical (unpaired) electrons. The molecule has 0 aliphatic carbocycles. The zero-order valence-corrected chi connectivity index (χ0v) is 31.4. The lowest BCUT2D eigenvalue weighted by atomic mass is 9.89. The summed E-state index contributed by atoms with van der Waals surface area (Å²) in [5.74, 6) is 0. The predicted octanol–water partition coefficient (Wildman–Crippen LogP) is 14.8. The Kier molecular flexibility index (Phi) is 8.44. The second-order valence-corrected chi connectivity index (χ2v) is 14.6. The highest BCUT2D eigenvalue weighted by molar-refractivity contribution is 6.13. The molecule has 0 aliphatic heterocycles. The number of hydrogen-bond acceptors (Lipinski definition) is 1. The average Bonchev–Trinajstić information content (AvgIpc) is 3.77. The predicted molar refractivity (Wildman–Crippen MR) is 226 cm³/mol. The summed E-state index contributed by atoms with van der Waals surface area (Å²) in [6.07, 6.45) is -10.4.